The highest BCUT2D eigenvalue weighted by atomic mass is 16.6. The summed E-state index contributed by atoms with van der Waals surface area (Å²) in [5.41, 5.74) is 2.46. The quantitative estimate of drug-likeness (QED) is 0.862. The fourth-order valence-corrected chi connectivity index (χ4v) is 3.06. The van der Waals surface area contributed by atoms with Crippen molar-refractivity contribution in [3.8, 4) is 0 Å². The minimum Gasteiger partial charge on any atom is -0.456 e. The molecule has 0 atom stereocenters. The lowest BCUT2D eigenvalue weighted by Crippen LogP contribution is -2.24. The summed E-state index contributed by atoms with van der Waals surface area (Å²) in [6.07, 6.45) is 3.14. The normalized spacial score (nSPS) is 16.4. The number of hydrogen-bond donors (Lipinski definition) is 1. The first-order chi connectivity index (χ1) is 10.8. The Morgan fingerprint density at radius 3 is 2.48 bits per heavy atom. The molecular weight excluding hydrogens is 290 g/mol. The predicted molar refractivity (Wildman–Crippen MR) is 90.6 cm³/mol. The summed E-state index contributed by atoms with van der Waals surface area (Å²) in [6.45, 7) is 6.31. The molecule has 1 aliphatic carbocycles. The maximum absolute atomic E-state index is 12.3. The number of benzene rings is 1. The first-order valence-electron chi connectivity index (χ1n) is 8.32. The van der Waals surface area contributed by atoms with E-state index in [1.54, 1.807) is 0 Å². The maximum Gasteiger partial charge on any atom is 0.338 e. The summed E-state index contributed by atoms with van der Waals surface area (Å²) in [4.78, 5) is 23.7. The van der Waals surface area contributed by atoms with Gasteiger partial charge in [-0.15, -0.1) is 0 Å². The summed E-state index contributed by atoms with van der Waals surface area (Å²) in [6, 6.07) is 5.81. The third-order valence-electron chi connectivity index (χ3n) is 4.13. The molecule has 1 N–H and O–H groups in total. The summed E-state index contributed by atoms with van der Waals surface area (Å²) in [5.74, 6) is 0.478. The number of rotatable bonds is 4. The van der Waals surface area contributed by atoms with Crippen molar-refractivity contribution >= 4 is 11.8 Å². The fraction of sp³-hybridized carbons (Fsp3) is 0.579. The van der Waals surface area contributed by atoms with E-state index in [9.17, 15) is 9.59 Å². The van der Waals surface area contributed by atoms with Gasteiger partial charge in [-0.1, -0.05) is 6.07 Å². The van der Waals surface area contributed by atoms with Crippen molar-refractivity contribution in [1.82, 2.24) is 5.32 Å². The summed E-state index contributed by atoms with van der Waals surface area (Å²) >= 11 is 0. The van der Waals surface area contributed by atoms with Gasteiger partial charge in [0.1, 0.15) is 11.4 Å². The molecule has 0 amide bonds. The number of ether oxygens (including phenoxy) is 1. The smallest absolute Gasteiger partial charge is 0.338 e. The molecule has 1 aromatic rings. The maximum atomic E-state index is 12.3. The summed E-state index contributed by atoms with van der Waals surface area (Å²) < 4.78 is 5.45. The van der Waals surface area contributed by atoms with Crippen LogP contribution >= 0.6 is 0 Å². The van der Waals surface area contributed by atoms with E-state index in [4.69, 9.17) is 4.74 Å². The van der Waals surface area contributed by atoms with Gasteiger partial charge < -0.3 is 10.1 Å². The lowest BCUT2D eigenvalue weighted by Gasteiger charge is -2.25. The standard InChI is InChI=1S/C19H27NO3/c1-19(2,3)23-18(22)14-7-10-17(15(11-14)12-20-4)13-5-8-16(21)9-6-13/h7,10-11,13,20H,5-6,8-9,12H2,1-4H3. The zero-order valence-electron chi connectivity index (χ0n) is 14.6. The first-order valence-corrected chi connectivity index (χ1v) is 8.32. The van der Waals surface area contributed by atoms with E-state index < -0.39 is 5.60 Å². The van der Waals surface area contributed by atoms with Gasteiger partial charge >= 0.3 is 5.97 Å². The third-order valence-corrected chi connectivity index (χ3v) is 4.13. The zero-order chi connectivity index (χ0) is 17.0. The van der Waals surface area contributed by atoms with Crippen molar-refractivity contribution in [3.05, 3.63) is 34.9 Å². The summed E-state index contributed by atoms with van der Waals surface area (Å²) in [7, 11) is 1.90. The van der Waals surface area contributed by atoms with Gasteiger partial charge in [0.15, 0.2) is 0 Å². The largest absolute Gasteiger partial charge is 0.456 e. The lowest BCUT2D eigenvalue weighted by atomic mass is 9.81. The molecule has 0 saturated heterocycles. The second-order valence-electron chi connectivity index (χ2n) is 7.26. The van der Waals surface area contributed by atoms with Crippen LogP contribution in [0.5, 0.6) is 0 Å². The minimum absolute atomic E-state index is 0.291. The highest BCUT2D eigenvalue weighted by Gasteiger charge is 2.24. The van der Waals surface area contributed by atoms with E-state index in [1.807, 2.05) is 46.0 Å². The SMILES string of the molecule is CNCc1cc(C(=O)OC(C)(C)C)ccc1C1CCC(=O)CC1. The molecule has 23 heavy (non-hydrogen) atoms. The molecule has 2 rings (SSSR count). The molecule has 0 heterocycles. The van der Waals surface area contributed by atoms with Crippen molar-refractivity contribution in [2.45, 2.75) is 64.5 Å². The number of carbonyl (C=O) groups is 2. The lowest BCUT2D eigenvalue weighted by molar-refractivity contribution is -0.120. The van der Waals surface area contributed by atoms with Gasteiger partial charge in [0.05, 0.1) is 5.56 Å². The molecule has 0 bridgehead atoms. The van der Waals surface area contributed by atoms with Crippen LogP contribution in [0.15, 0.2) is 18.2 Å². The minimum atomic E-state index is -0.497. The highest BCUT2D eigenvalue weighted by Crippen LogP contribution is 2.33. The van der Waals surface area contributed by atoms with Crippen molar-refractivity contribution < 1.29 is 14.3 Å². The molecule has 1 aliphatic rings. The Morgan fingerprint density at radius 2 is 1.91 bits per heavy atom. The van der Waals surface area contributed by atoms with E-state index in [-0.39, 0.29) is 5.97 Å². The zero-order valence-corrected chi connectivity index (χ0v) is 14.6. The monoisotopic (exact) mass is 317 g/mol. The molecule has 0 aromatic heterocycles. The van der Waals surface area contributed by atoms with E-state index in [0.29, 0.717) is 36.7 Å². The number of ketones is 1. The first kappa shape index (κ1) is 17.7. The van der Waals surface area contributed by atoms with Crippen LogP contribution in [0.1, 0.15) is 73.9 Å². The number of esters is 1. The van der Waals surface area contributed by atoms with Crippen LogP contribution in [-0.4, -0.2) is 24.4 Å². The number of Topliss-reactive ketones (excluding diaryl/α,β-unsaturated/α-hetero) is 1. The van der Waals surface area contributed by atoms with E-state index >= 15 is 0 Å². The van der Waals surface area contributed by atoms with Gasteiger partial charge in [-0.3, -0.25) is 4.79 Å². The van der Waals surface area contributed by atoms with Crippen LogP contribution in [0.25, 0.3) is 0 Å². The van der Waals surface area contributed by atoms with Gasteiger partial charge in [0.2, 0.25) is 0 Å². The van der Waals surface area contributed by atoms with Crippen LogP contribution in [0, 0.1) is 0 Å². The highest BCUT2D eigenvalue weighted by molar-refractivity contribution is 5.90. The van der Waals surface area contributed by atoms with Crippen LogP contribution in [0.2, 0.25) is 0 Å². The molecular formula is C19H27NO3. The summed E-state index contributed by atoms with van der Waals surface area (Å²) in [5, 5.41) is 3.17. The van der Waals surface area contributed by atoms with Crippen LogP contribution in [-0.2, 0) is 16.1 Å². The third kappa shape index (κ3) is 4.90. The second-order valence-corrected chi connectivity index (χ2v) is 7.26. The van der Waals surface area contributed by atoms with Crippen molar-refractivity contribution in [2.24, 2.45) is 0 Å². The van der Waals surface area contributed by atoms with Crippen molar-refractivity contribution in [2.75, 3.05) is 7.05 Å². The van der Waals surface area contributed by atoms with E-state index in [0.717, 1.165) is 18.4 Å². The number of carbonyl (C=O) groups excluding carboxylic acids is 2. The molecule has 0 spiro atoms. The Morgan fingerprint density at radius 1 is 1.26 bits per heavy atom. The Balaban J connectivity index is 2.24. The van der Waals surface area contributed by atoms with Gasteiger partial charge in [-0.2, -0.15) is 0 Å². The molecule has 1 aromatic carbocycles. The Labute approximate surface area is 138 Å². The van der Waals surface area contributed by atoms with Gasteiger partial charge in [0.25, 0.3) is 0 Å². The van der Waals surface area contributed by atoms with Crippen molar-refractivity contribution in [1.29, 1.82) is 0 Å². The molecule has 4 heteroatoms. The number of hydrogen-bond acceptors (Lipinski definition) is 4. The predicted octanol–water partition coefficient (Wildman–Crippen LogP) is 3.59. The van der Waals surface area contributed by atoms with Crippen LogP contribution < -0.4 is 5.32 Å². The molecule has 126 valence electrons. The topological polar surface area (TPSA) is 55.4 Å². The molecule has 1 saturated carbocycles. The van der Waals surface area contributed by atoms with Crippen molar-refractivity contribution in [3.63, 3.8) is 0 Å². The Bertz CT molecular complexity index is 577. The van der Waals surface area contributed by atoms with Gasteiger partial charge in [-0.05, 0) is 69.8 Å². The van der Waals surface area contributed by atoms with Crippen LogP contribution in [0.4, 0.5) is 0 Å². The molecule has 0 radical (unpaired) electrons. The molecule has 0 unspecified atom stereocenters. The average molecular weight is 317 g/mol. The van der Waals surface area contributed by atoms with Gasteiger partial charge in [0, 0.05) is 19.4 Å². The molecule has 1 fully saturated rings. The Hall–Kier alpha value is -1.68. The second kappa shape index (κ2) is 7.26. The van der Waals surface area contributed by atoms with E-state index in [1.165, 1.54) is 5.56 Å². The fourth-order valence-electron chi connectivity index (χ4n) is 3.06. The molecule has 4 nitrogen and oxygen atoms in total. The van der Waals surface area contributed by atoms with Gasteiger partial charge in [-0.25, -0.2) is 4.79 Å². The van der Waals surface area contributed by atoms with Crippen LogP contribution in [0.3, 0.4) is 0 Å². The Kier molecular flexibility index (Phi) is 5.58. The number of nitrogens with one attached hydrogen (secondary N) is 1. The molecule has 0 aliphatic heterocycles. The van der Waals surface area contributed by atoms with E-state index in [2.05, 4.69) is 5.32 Å². The average Bonchev–Trinajstić information content (AvgIpc) is 2.47.